The maximum atomic E-state index is 9.91. The second kappa shape index (κ2) is 5.83. The Morgan fingerprint density at radius 3 is 1.44 bits per heavy atom. The van der Waals surface area contributed by atoms with Crippen molar-refractivity contribution >= 4 is 0 Å². The molecule has 0 amide bonds. The van der Waals surface area contributed by atoms with E-state index in [1.807, 2.05) is 19.1 Å². The molecular formula is C17H20O. The summed E-state index contributed by atoms with van der Waals surface area (Å²) < 4.78 is 0. The molecule has 1 heteroatoms. The molecule has 0 saturated carbocycles. The molecule has 0 spiro atoms. The lowest BCUT2D eigenvalue weighted by Crippen LogP contribution is -2.22. The van der Waals surface area contributed by atoms with Crippen LogP contribution in [0.25, 0.3) is 0 Å². The van der Waals surface area contributed by atoms with Crippen molar-refractivity contribution in [1.82, 2.24) is 0 Å². The van der Waals surface area contributed by atoms with Crippen molar-refractivity contribution < 1.29 is 5.11 Å². The maximum Gasteiger partial charge on any atom is 0.0546 e. The largest absolute Gasteiger partial charge is 0.393 e. The van der Waals surface area contributed by atoms with Crippen molar-refractivity contribution in [3.8, 4) is 0 Å². The average Bonchev–Trinajstić information content (AvgIpc) is 2.41. The summed E-state index contributed by atoms with van der Waals surface area (Å²) in [5.41, 5.74) is 2.52. The molecule has 2 aromatic carbocycles. The number of rotatable bonds is 4. The van der Waals surface area contributed by atoms with Crippen molar-refractivity contribution in [3.05, 3.63) is 71.8 Å². The second-order valence-corrected chi connectivity index (χ2v) is 4.90. The van der Waals surface area contributed by atoms with Gasteiger partial charge in [-0.15, -0.1) is 0 Å². The fraction of sp³-hybridized carbons (Fsp3) is 0.294. The fourth-order valence-electron chi connectivity index (χ4n) is 2.40. The van der Waals surface area contributed by atoms with Gasteiger partial charge in [-0.25, -0.2) is 0 Å². The first kappa shape index (κ1) is 12.8. The van der Waals surface area contributed by atoms with Crippen molar-refractivity contribution in [2.24, 2.45) is 5.92 Å². The Hall–Kier alpha value is -1.60. The molecule has 0 fully saturated rings. The third-order valence-electron chi connectivity index (χ3n) is 3.60. The Kier molecular flexibility index (Phi) is 4.16. The van der Waals surface area contributed by atoms with Crippen LogP contribution in [0, 0.1) is 5.92 Å². The van der Waals surface area contributed by atoms with Crippen LogP contribution in [0.2, 0.25) is 0 Å². The van der Waals surface area contributed by atoms with Gasteiger partial charge in [0.15, 0.2) is 0 Å². The zero-order chi connectivity index (χ0) is 13.0. The Morgan fingerprint density at radius 2 is 1.11 bits per heavy atom. The molecule has 2 atom stereocenters. The molecule has 0 heterocycles. The molecule has 0 aliphatic carbocycles. The van der Waals surface area contributed by atoms with Crippen molar-refractivity contribution in [1.29, 1.82) is 0 Å². The minimum Gasteiger partial charge on any atom is -0.393 e. The minimum absolute atomic E-state index is 0.190. The van der Waals surface area contributed by atoms with Gasteiger partial charge < -0.3 is 5.11 Å². The van der Waals surface area contributed by atoms with E-state index < -0.39 is 0 Å². The SMILES string of the molecule is CC(O)C(C)C(c1ccccc1)c1ccccc1. The predicted octanol–water partition coefficient (Wildman–Crippen LogP) is 3.84. The number of hydrogen-bond acceptors (Lipinski definition) is 1. The molecule has 0 bridgehead atoms. The zero-order valence-electron chi connectivity index (χ0n) is 11.0. The summed E-state index contributed by atoms with van der Waals surface area (Å²) in [7, 11) is 0. The highest BCUT2D eigenvalue weighted by atomic mass is 16.3. The van der Waals surface area contributed by atoms with Gasteiger partial charge in [-0.1, -0.05) is 67.6 Å². The van der Waals surface area contributed by atoms with Gasteiger partial charge >= 0.3 is 0 Å². The van der Waals surface area contributed by atoms with Crippen LogP contribution in [0.15, 0.2) is 60.7 Å². The molecule has 2 unspecified atom stereocenters. The number of benzene rings is 2. The number of hydrogen-bond donors (Lipinski definition) is 1. The van der Waals surface area contributed by atoms with Gasteiger partial charge in [0.05, 0.1) is 6.10 Å². The molecule has 0 aromatic heterocycles. The Labute approximate surface area is 109 Å². The van der Waals surface area contributed by atoms with Gasteiger partial charge in [0.25, 0.3) is 0 Å². The monoisotopic (exact) mass is 240 g/mol. The molecule has 2 aromatic rings. The molecule has 0 aliphatic heterocycles. The smallest absolute Gasteiger partial charge is 0.0546 e. The van der Waals surface area contributed by atoms with Gasteiger partial charge in [-0.05, 0) is 24.0 Å². The highest BCUT2D eigenvalue weighted by molar-refractivity contribution is 5.33. The highest BCUT2D eigenvalue weighted by Gasteiger charge is 2.24. The topological polar surface area (TPSA) is 20.2 Å². The Morgan fingerprint density at radius 1 is 0.722 bits per heavy atom. The summed E-state index contributed by atoms with van der Waals surface area (Å²) >= 11 is 0. The molecule has 18 heavy (non-hydrogen) atoms. The highest BCUT2D eigenvalue weighted by Crippen LogP contribution is 2.33. The van der Waals surface area contributed by atoms with Crippen LogP contribution in [0.3, 0.4) is 0 Å². The molecule has 0 radical (unpaired) electrons. The summed E-state index contributed by atoms with van der Waals surface area (Å²) in [5.74, 6) is 0.433. The molecule has 1 nitrogen and oxygen atoms in total. The van der Waals surface area contributed by atoms with E-state index in [1.165, 1.54) is 11.1 Å². The third kappa shape index (κ3) is 2.80. The maximum absolute atomic E-state index is 9.91. The summed E-state index contributed by atoms with van der Waals surface area (Å²) in [6, 6.07) is 20.8. The Bertz CT molecular complexity index is 422. The normalized spacial score (nSPS) is 14.4. The second-order valence-electron chi connectivity index (χ2n) is 4.90. The van der Waals surface area contributed by atoms with Crippen LogP contribution in [0.4, 0.5) is 0 Å². The third-order valence-corrected chi connectivity index (χ3v) is 3.60. The molecule has 0 aliphatic rings. The standard InChI is InChI=1S/C17H20O/c1-13(14(2)18)17(15-9-5-3-6-10-15)16-11-7-4-8-12-16/h3-14,17-18H,1-2H3. The van der Waals surface area contributed by atoms with Crippen molar-refractivity contribution in [2.75, 3.05) is 0 Å². The van der Waals surface area contributed by atoms with E-state index in [2.05, 4.69) is 55.5 Å². The van der Waals surface area contributed by atoms with Gasteiger partial charge in [-0.3, -0.25) is 0 Å². The van der Waals surface area contributed by atoms with E-state index in [4.69, 9.17) is 0 Å². The van der Waals surface area contributed by atoms with E-state index in [0.717, 1.165) is 0 Å². The van der Waals surface area contributed by atoms with Crippen LogP contribution in [0.5, 0.6) is 0 Å². The quantitative estimate of drug-likeness (QED) is 0.861. The summed E-state index contributed by atoms with van der Waals surface area (Å²) in [5, 5.41) is 9.91. The van der Waals surface area contributed by atoms with Crippen LogP contribution < -0.4 is 0 Å². The minimum atomic E-state index is -0.324. The number of aliphatic hydroxyl groups excluding tert-OH is 1. The van der Waals surface area contributed by atoms with Crippen LogP contribution in [-0.2, 0) is 0 Å². The van der Waals surface area contributed by atoms with Gasteiger partial charge in [0, 0.05) is 5.92 Å². The first-order chi connectivity index (χ1) is 8.70. The molecule has 2 rings (SSSR count). The van der Waals surface area contributed by atoms with Crippen molar-refractivity contribution in [3.63, 3.8) is 0 Å². The van der Waals surface area contributed by atoms with Gasteiger partial charge in [0.1, 0.15) is 0 Å². The lowest BCUT2D eigenvalue weighted by atomic mass is 9.79. The Balaban J connectivity index is 2.42. The fourth-order valence-corrected chi connectivity index (χ4v) is 2.40. The number of aliphatic hydroxyl groups is 1. The lowest BCUT2D eigenvalue weighted by molar-refractivity contribution is 0.126. The van der Waals surface area contributed by atoms with E-state index in [-0.39, 0.29) is 17.9 Å². The first-order valence-electron chi connectivity index (χ1n) is 6.48. The summed E-state index contributed by atoms with van der Waals surface area (Å²) in [4.78, 5) is 0. The van der Waals surface area contributed by atoms with Crippen LogP contribution in [0.1, 0.15) is 30.9 Å². The molecular weight excluding hydrogens is 220 g/mol. The first-order valence-corrected chi connectivity index (χ1v) is 6.48. The van der Waals surface area contributed by atoms with Gasteiger partial charge in [-0.2, -0.15) is 0 Å². The molecule has 1 N–H and O–H groups in total. The van der Waals surface area contributed by atoms with Crippen LogP contribution >= 0.6 is 0 Å². The zero-order valence-corrected chi connectivity index (χ0v) is 11.0. The molecule has 0 saturated heterocycles. The average molecular weight is 240 g/mol. The lowest BCUT2D eigenvalue weighted by Gasteiger charge is -2.27. The summed E-state index contributed by atoms with van der Waals surface area (Å²) in [6.45, 7) is 3.97. The summed E-state index contributed by atoms with van der Waals surface area (Å²) in [6.07, 6.45) is -0.324. The van der Waals surface area contributed by atoms with Gasteiger partial charge in [0.2, 0.25) is 0 Å². The van der Waals surface area contributed by atoms with Crippen molar-refractivity contribution in [2.45, 2.75) is 25.9 Å². The molecule has 94 valence electrons. The van der Waals surface area contributed by atoms with E-state index in [9.17, 15) is 5.11 Å². The van der Waals surface area contributed by atoms with E-state index in [1.54, 1.807) is 0 Å². The van der Waals surface area contributed by atoms with Crippen LogP contribution in [-0.4, -0.2) is 11.2 Å². The van der Waals surface area contributed by atoms with E-state index in [0.29, 0.717) is 0 Å². The predicted molar refractivity (Wildman–Crippen MR) is 75.6 cm³/mol. The van der Waals surface area contributed by atoms with E-state index >= 15 is 0 Å².